The molecule has 1 amide bonds. The van der Waals surface area contributed by atoms with Crippen LogP contribution in [0.1, 0.15) is 35.6 Å². The summed E-state index contributed by atoms with van der Waals surface area (Å²) in [7, 11) is 0. The van der Waals surface area contributed by atoms with Gasteiger partial charge in [-0.1, -0.05) is 6.92 Å². The largest absolute Gasteiger partial charge is 0.333 e. The Labute approximate surface area is 92.9 Å². The molecular formula is C10H13N3OS. The van der Waals surface area contributed by atoms with Crippen LogP contribution in [0.4, 0.5) is 0 Å². The summed E-state index contributed by atoms with van der Waals surface area (Å²) < 4.78 is 0. The molecular weight excluding hydrogens is 210 g/mol. The highest BCUT2D eigenvalue weighted by molar-refractivity contribution is 7.11. The van der Waals surface area contributed by atoms with Gasteiger partial charge in [-0.15, -0.1) is 11.3 Å². The predicted octanol–water partition coefficient (Wildman–Crippen LogP) is 1.87. The number of nitriles is 1. The van der Waals surface area contributed by atoms with Gasteiger partial charge in [-0.3, -0.25) is 4.79 Å². The molecule has 1 unspecified atom stereocenters. The Kier molecular flexibility index (Phi) is 3.43. The van der Waals surface area contributed by atoms with Crippen LogP contribution in [-0.2, 0) is 0 Å². The van der Waals surface area contributed by atoms with Gasteiger partial charge in [0.25, 0.3) is 5.91 Å². The summed E-state index contributed by atoms with van der Waals surface area (Å²) in [6, 6.07) is 2.09. The fourth-order valence-corrected chi connectivity index (χ4v) is 1.72. The van der Waals surface area contributed by atoms with Crippen molar-refractivity contribution < 1.29 is 4.79 Å². The Hall–Kier alpha value is -1.41. The van der Waals surface area contributed by atoms with Crippen LogP contribution >= 0.6 is 11.3 Å². The molecule has 1 heterocycles. The standard InChI is InChI=1S/C10H13N3OS/c1-4-10(3,5-11)13-9(14)8-7(2)12-6-15-8/h6H,4H2,1-3H3,(H,13,14). The minimum absolute atomic E-state index is 0.221. The number of aryl methyl sites for hydroxylation is 1. The van der Waals surface area contributed by atoms with E-state index in [2.05, 4.69) is 16.4 Å². The summed E-state index contributed by atoms with van der Waals surface area (Å²) in [6.45, 7) is 5.35. The lowest BCUT2D eigenvalue weighted by molar-refractivity contribution is 0.0926. The number of thiazole rings is 1. The summed E-state index contributed by atoms with van der Waals surface area (Å²) in [5, 5.41) is 11.6. The van der Waals surface area contributed by atoms with Crippen LogP contribution in [0, 0.1) is 18.3 Å². The van der Waals surface area contributed by atoms with Crippen molar-refractivity contribution in [2.45, 2.75) is 32.7 Å². The molecule has 1 aromatic rings. The molecule has 0 fully saturated rings. The van der Waals surface area contributed by atoms with Gasteiger partial charge >= 0.3 is 0 Å². The van der Waals surface area contributed by atoms with Crippen molar-refractivity contribution in [1.82, 2.24) is 10.3 Å². The van der Waals surface area contributed by atoms with Crippen LogP contribution in [0.2, 0.25) is 0 Å². The number of nitrogens with one attached hydrogen (secondary N) is 1. The van der Waals surface area contributed by atoms with Gasteiger partial charge in [0.1, 0.15) is 10.4 Å². The molecule has 0 aliphatic heterocycles. The van der Waals surface area contributed by atoms with Gasteiger partial charge < -0.3 is 5.32 Å². The maximum Gasteiger partial charge on any atom is 0.264 e. The van der Waals surface area contributed by atoms with Gasteiger partial charge in [0.05, 0.1) is 17.3 Å². The molecule has 0 aliphatic carbocycles. The van der Waals surface area contributed by atoms with Gasteiger partial charge in [-0.25, -0.2) is 4.98 Å². The lowest BCUT2D eigenvalue weighted by Gasteiger charge is -2.20. The first-order valence-electron chi connectivity index (χ1n) is 4.66. The number of rotatable bonds is 3. The van der Waals surface area contributed by atoms with Gasteiger partial charge in [-0.2, -0.15) is 5.26 Å². The molecule has 0 radical (unpaired) electrons. The van der Waals surface area contributed by atoms with Gasteiger partial charge in [0.2, 0.25) is 0 Å². The first kappa shape index (κ1) is 11.7. The van der Waals surface area contributed by atoms with Crippen molar-refractivity contribution >= 4 is 17.2 Å². The van der Waals surface area contributed by atoms with Crippen LogP contribution < -0.4 is 5.32 Å². The number of carbonyl (C=O) groups is 1. The highest BCUT2D eigenvalue weighted by Gasteiger charge is 2.25. The first-order chi connectivity index (χ1) is 7.02. The second-order valence-electron chi connectivity index (χ2n) is 3.52. The van der Waals surface area contributed by atoms with Crippen LogP contribution in [0.25, 0.3) is 0 Å². The maximum absolute atomic E-state index is 11.8. The minimum atomic E-state index is -0.798. The van der Waals surface area contributed by atoms with Crippen LogP contribution in [0.15, 0.2) is 5.51 Å². The molecule has 0 bridgehead atoms. The fourth-order valence-electron chi connectivity index (χ4n) is 1.02. The summed E-state index contributed by atoms with van der Waals surface area (Å²) in [5.41, 5.74) is 1.53. The Balaban J connectivity index is 2.82. The molecule has 80 valence electrons. The molecule has 1 rings (SSSR count). The Morgan fingerprint density at radius 3 is 2.87 bits per heavy atom. The van der Waals surface area contributed by atoms with E-state index in [0.717, 1.165) is 0 Å². The van der Waals surface area contributed by atoms with E-state index in [0.29, 0.717) is 17.0 Å². The lowest BCUT2D eigenvalue weighted by Crippen LogP contribution is -2.44. The summed E-state index contributed by atoms with van der Waals surface area (Å²) in [5.74, 6) is -0.221. The van der Waals surface area contributed by atoms with Crippen LogP contribution in [-0.4, -0.2) is 16.4 Å². The Bertz CT molecular complexity index is 407. The van der Waals surface area contributed by atoms with Crippen molar-refractivity contribution in [2.75, 3.05) is 0 Å². The van der Waals surface area contributed by atoms with E-state index in [4.69, 9.17) is 5.26 Å². The third kappa shape index (κ3) is 2.54. The first-order valence-corrected chi connectivity index (χ1v) is 5.54. The number of hydrogen-bond acceptors (Lipinski definition) is 4. The van der Waals surface area contributed by atoms with E-state index in [-0.39, 0.29) is 5.91 Å². The number of amides is 1. The van der Waals surface area contributed by atoms with E-state index >= 15 is 0 Å². The number of hydrogen-bond donors (Lipinski definition) is 1. The maximum atomic E-state index is 11.8. The molecule has 1 atom stereocenters. The molecule has 0 aliphatic rings. The highest BCUT2D eigenvalue weighted by Crippen LogP contribution is 2.15. The van der Waals surface area contributed by atoms with E-state index in [1.54, 1.807) is 19.4 Å². The average Bonchev–Trinajstić information content (AvgIpc) is 2.64. The second-order valence-corrected chi connectivity index (χ2v) is 4.37. The quantitative estimate of drug-likeness (QED) is 0.850. The van der Waals surface area contributed by atoms with Crippen molar-refractivity contribution in [3.8, 4) is 6.07 Å². The summed E-state index contributed by atoms with van der Waals surface area (Å²) in [4.78, 5) is 16.3. The van der Waals surface area contributed by atoms with Crippen molar-refractivity contribution in [1.29, 1.82) is 5.26 Å². The normalized spacial score (nSPS) is 14.0. The number of carbonyl (C=O) groups excluding carboxylic acids is 1. The Morgan fingerprint density at radius 1 is 1.80 bits per heavy atom. The van der Waals surface area contributed by atoms with Crippen LogP contribution in [0.3, 0.4) is 0 Å². The zero-order chi connectivity index (χ0) is 11.5. The number of aromatic nitrogens is 1. The molecule has 1 aromatic heterocycles. The topological polar surface area (TPSA) is 65.8 Å². The zero-order valence-corrected chi connectivity index (χ0v) is 9.81. The van der Waals surface area contributed by atoms with Gasteiger partial charge in [-0.05, 0) is 20.3 Å². The minimum Gasteiger partial charge on any atom is -0.333 e. The highest BCUT2D eigenvalue weighted by atomic mass is 32.1. The number of nitrogens with zero attached hydrogens (tertiary/aromatic N) is 2. The SMILES string of the molecule is CCC(C)(C#N)NC(=O)c1scnc1C. The molecule has 0 saturated heterocycles. The monoisotopic (exact) mass is 223 g/mol. The molecule has 15 heavy (non-hydrogen) atoms. The molecule has 0 saturated carbocycles. The molecule has 1 N–H and O–H groups in total. The molecule has 0 spiro atoms. The van der Waals surface area contributed by atoms with E-state index in [1.165, 1.54) is 11.3 Å². The predicted molar refractivity (Wildman–Crippen MR) is 58.6 cm³/mol. The van der Waals surface area contributed by atoms with Gasteiger partial charge in [0.15, 0.2) is 0 Å². The third-order valence-corrected chi connectivity index (χ3v) is 3.22. The van der Waals surface area contributed by atoms with Crippen molar-refractivity contribution in [3.05, 3.63) is 16.1 Å². The van der Waals surface area contributed by atoms with Crippen LogP contribution in [0.5, 0.6) is 0 Å². The van der Waals surface area contributed by atoms with Crippen molar-refractivity contribution in [2.24, 2.45) is 0 Å². The summed E-state index contributed by atoms with van der Waals surface area (Å²) in [6.07, 6.45) is 0.576. The molecule has 5 heteroatoms. The molecule has 0 aromatic carbocycles. The Morgan fingerprint density at radius 2 is 2.47 bits per heavy atom. The lowest BCUT2D eigenvalue weighted by atomic mass is 10.0. The van der Waals surface area contributed by atoms with E-state index in [1.807, 2.05) is 6.92 Å². The molecule has 4 nitrogen and oxygen atoms in total. The second kappa shape index (κ2) is 4.41. The van der Waals surface area contributed by atoms with E-state index in [9.17, 15) is 4.79 Å². The third-order valence-electron chi connectivity index (χ3n) is 2.30. The zero-order valence-electron chi connectivity index (χ0n) is 9.00. The van der Waals surface area contributed by atoms with E-state index < -0.39 is 5.54 Å². The average molecular weight is 223 g/mol. The fraction of sp³-hybridized carbons (Fsp3) is 0.500. The smallest absolute Gasteiger partial charge is 0.264 e. The van der Waals surface area contributed by atoms with Crippen molar-refractivity contribution in [3.63, 3.8) is 0 Å². The van der Waals surface area contributed by atoms with Gasteiger partial charge in [0, 0.05) is 0 Å². The summed E-state index contributed by atoms with van der Waals surface area (Å²) >= 11 is 1.29.